The van der Waals surface area contributed by atoms with Gasteiger partial charge in [0, 0.05) is 38.1 Å². The molecule has 2 fully saturated rings. The van der Waals surface area contributed by atoms with Gasteiger partial charge in [-0.2, -0.15) is 5.10 Å². The van der Waals surface area contributed by atoms with E-state index in [1.807, 2.05) is 31.5 Å². The summed E-state index contributed by atoms with van der Waals surface area (Å²) in [4.78, 5) is 41.8. The molecule has 3 heterocycles. The Labute approximate surface area is 237 Å². The van der Waals surface area contributed by atoms with E-state index in [1.165, 1.54) is 0 Å². The van der Waals surface area contributed by atoms with Crippen molar-refractivity contribution < 1.29 is 23.9 Å². The van der Waals surface area contributed by atoms with Gasteiger partial charge in [-0.15, -0.1) is 0 Å². The van der Waals surface area contributed by atoms with E-state index in [2.05, 4.69) is 31.3 Å². The highest BCUT2D eigenvalue weighted by molar-refractivity contribution is 5.95. The zero-order chi connectivity index (χ0) is 29.0. The van der Waals surface area contributed by atoms with Crippen molar-refractivity contribution in [2.24, 2.45) is 0 Å². The number of piperidine rings is 2. The molecule has 40 heavy (non-hydrogen) atoms. The van der Waals surface area contributed by atoms with Gasteiger partial charge in [-0.3, -0.25) is 4.79 Å². The number of aromatic nitrogens is 2. The second-order valence-electron chi connectivity index (χ2n) is 11.8. The summed E-state index contributed by atoms with van der Waals surface area (Å²) in [6.07, 6.45) is 3.79. The van der Waals surface area contributed by atoms with Gasteiger partial charge in [-0.05, 0) is 78.9 Å². The van der Waals surface area contributed by atoms with E-state index in [0.29, 0.717) is 64.0 Å². The summed E-state index contributed by atoms with van der Waals surface area (Å²) in [6, 6.07) is 6.17. The minimum atomic E-state index is -0.548. The number of ether oxygens (including phenoxy) is 2. The first-order valence-corrected chi connectivity index (χ1v) is 14.3. The first-order chi connectivity index (χ1) is 19.0. The van der Waals surface area contributed by atoms with Crippen LogP contribution in [0.5, 0.6) is 0 Å². The molecule has 4 rings (SSSR count). The summed E-state index contributed by atoms with van der Waals surface area (Å²) >= 11 is 0. The zero-order valence-corrected chi connectivity index (χ0v) is 24.7. The molecule has 2 aliphatic heterocycles. The smallest absolute Gasteiger partial charge is 0.410 e. The number of hydrogen-bond donors (Lipinski definition) is 1. The third-order valence-electron chi connectivity index (χ3n) is 7.52. The molecule has 0 bridgehead atoms. The van der Waals surface area contributed by atoms with Crippen LogP contribution in [0.2, 0.25) is 0 Å². The summed E-state index contributed by atoms with van der Waals surface area (Å²) in [5.41, 5.74) is 4.06. The molecule has 2 aromatic rings. The van der Waals surface area contributed by atoms with Gasteiger partial charge < -0.3 is 24.6 Å². The minimum absolute atomic E-state index is 0.0375. The van der Waals surface area contributed by atoms with Crippen molar-refractivity contribution in [2.75, 3.05) is 32.8 Å². The number of amides is 3. The summed E-state index contributed by atoms with van der Waals surface area (Å²) in [5.74, 6) is -0.108. The van der Waals surface area contributed by atoms with Gasteiger partial charge in [-0.25, -0.2) is 14.3 Å². The second-order valence-corrected chi connectivity index (χ2v) is 11.8. The van der Waals surface area contributed by atoms with Gasteiger partial charge >= 0.3 is 12.2 Å². The van der Waals surface area contributed by atoms with Crippen LogP contribution in [-0.4, -0.2) is 82.1 Å². The summed E-state index contributed by atoms with van der Waals surface area (Å²) in [6.45, 7) is 14.0. The number of carbonyl (C=O) groups excluding carboxylic acids is 3. The number of nitrogens with one attached hydrogen (secondary N) is 1. The van der Waals surface area contributed by atoms with Gasteiger partial charge in [0.05, 0.1) is 29.7 Å². The number of rotatable bonds is 5. The molecule has 10 heteroatoms. The van der Waals surface area contributed by atoms with Crippen molar-refractivity contribution >= 4 is 18.1 Å². The maximum absolute atomic E-state index is 13.7. The van der Waals surface area contributed by atoms with E-state index >= 15 is 0 Å². The van der Waals surface area contributed by atoms with E-state index < -0.39 is 5.60 Å². The highest BCUT2D eigenvalue weighted by atomic mass is 16.6. The quantitative estimate of drug-likeness (QED) is 0.561. The molecule has 0 saturated carbocycles. The number of likely N-dealkylation sites (tertiary alicyclic amines) is 2. The zero-order valence-electron chi connectivity index (χ0n) is 24.7. The number of nitrogens with zero attached hydrogens (tertiary/aromatic N) is 4. The molecule has 1 aromatic carbocycles. The number of benzene rings is 1. The van der Waals surface area contributed by atoms with Crippen LogP contribution in [0, 0.1) is 13.8 Å². The van der Waals surface area contributed by atoms with Crippen molar-refractivity contribution in [2.45, 2.75) is 84.8 Å². The van der Waals surface area contributed by atoms with Crippen molar-refractivity contribution in [1.82, 2.24) is 24.9 Å². The fraction of sp³-hybridized carbons (Fsp3) is 0.600. The third kappa shape index (κ3) is 6.95. The van der Waals surface area contributed by atoms with Crippen molar-refractivity contribution in [3.05, 3.63) is 46.8 Å². The number of carbonyl (C=O) groups is 3. The molecule has 0 aliphatic carbocycles. The molecule has 10 nitrogen and oxygen atoms in total. The van der Waals surface area contributed by atoms with E-state index in [9.17, 15) is 14.4 Å². The van der Waals surface area contributed by atoms with Crippen molar-refractivity contribution in [3.8, 4) is 5.69 Å². The summed E-state index contributed by atoms with van der Waals surface area (Å²) in [7, 11) is 0. The lowest BCUT2D eigenvalue weighted by atomic mass is 9.90. The van der Waals surface area contributed by atoms with Crippen LogP contribution < -0.4 is 5.32 Å². The molecule has 0 atom stereocenters. The normalized spacial score (nSPS) is 17.1. The molecule has 0 spiro atoms. The highest BCUT2D eigenvalue weighted by Gasteiger charge is 2.33. The average molecular weight is 554 g/mol. The highest BCUT2D eigenvalue weighted by Crippen LogP contribution is 2.33. The fourth-order valence-corrected chi connectivity index (χ4v) is 5.51. The van der Waals surface area contributed by atoms with Crippen molar-refractivity contribution in [1.29, 1.82) is 0 Å². The van der Waals surface area contributed by atoms with Crippen LogP contribution in [0.1, 0.15) is 86.5 Å². The van der Waals surface area contributed by atoms with Gasteiger partial charge in [0.1, 0.15) is 5.60 Å². The molecular weight excluding hydrogens is 510 g/mol. The first kappa shape index (κ1) is 29.4. The second kappa shape index (κ2) is 12.3. The van der Waals surface area contributed by atoms with Crippen LogP contribution in [0.25, 0.3) is 5.69 Å². The van der Waals surface area contributed by atoms with Crippen LogP contribution in [-0.2, 0) is 9.47 Å². The predicted molar refractivity (Wildman–Crippen MR) is 152 cm³/mol. The van der Waals surface area contributed by atoms with E-state index in [0.717, 1.165) is 22.5 Å². The Hall–Kier alpha value is -3.56. The Morgan fingerprint density at radius 3 is 2.20 bits per heavy atom. The maximum Gasteiger partial charge on any atom is 0.410 e. The summed E-state index contributed by atoms with van der Waals surface area (Å²) < 4.78 is 12.6. The van der Waals surface area contributed by atoms with Crippen LogP contribution in [0.3, 0.4) is 0 Å². The average Bonchev–Trinajstić information content (AvgIpc) is 3.33. The third-order valence-corrected chi connectivity index (χ3v) is 7.52. The Bertz CT molecular complexity index is 1220. The number of aryl methyl sites for hydroxylation is 2. The molecule has 2 saturated heterocycles. The Morgan fingerprint density at radius 1 is 0.975 bits per heavy atom. The minimum Gasteiger partial charge on any atom is -0.450 e. The molecule has 2 aliphatic rings. The van der Waals surface area contributed by atoms with Gasteiger partial charge in [0.25, 0.3) is 5.91 Å². The van der Waals surface area contributed by atoms with Crippen molar-refractivity contribution in [3.63, 3.8) is 0 Å². The van der Waals surface area contributed by atoms with Gasteiger partial charge in [-0.1, -0.05) is 17.7 Å². The molecule has 218 valence electrons. The monoisotopic (exact) mass is 553 g/mol. The van der Waals surface area contributed by atoms with Gasteiger partial charge in [0.2, 0.25) is 0 Å². The summed E-state index contributed by atoms with van der Waals surface area (Å²) in [5, 5.41) is 7.90. The Kier molecular flexibility index (Phi) is 9.05. The lowest BCUT2D eigenvalue weighted by Crippen LogP contribution is -2.47. The standard InChI is InChI=1S/C30H43N5O5/c1-7-39-28(37)33-16-12-23(13-17-33)32-27(36)24-19-31-35(25-9-8-20(2)18-21(25)3)26(24)22-10-14-34(15-11-22)29(38)40-30(4,5)6/h8-9,18-19,22-23H,7,10-17H2,1-6H3,(H,32,36). The fourth-order valence-electron chi connectivity index (χ4n) is 5.51. The Morgan fingerprint density at radius 2 is 1.60 bits per heavy atom. The lowest BCUT2D eigenvalue weighted by Gasteiger charge is -2.34. The van der Waals surface area contributed by atoms with Crippen LogP contribution >= 0.6 is 0 Å². The van der Waals surface area contributed by atoms with Crippen LogP contribution in [0.15, 0.2) is 24.4 Å². The molecule has 3 amide bonds. The lowest BCUT2D eigenvalue weighted by molar-refractivity contribution is 0.0203. The van der Waals surface area contributed by atoms with E-state index in [4.69, 9.17) is 14.6 Å². The van der Waals surface area contributed by atoms with Crippen LogP contribution in [0.4, 0.5) is 9.59 Å². The first-order valence-electron chi connectivity index (χ1n) is 14.3. The molecule has 1 aromatic heterocycles. The molecule has 0 unspecified atom stereocenters. The Balaban J connectivity index is 1.53. The van der Waals surface area contributed by atoms with E-state index in [1.54, 1.807) is 22.9 Å². The SMILES string of the molecule is CCOC(=O)N1CCC(NC(=O)c2cnn(-c3ccc(C)cc3C)c2C2CCN(C(=O)OC(C)(C)C)CC2)CC1. The molecule has 0 radical (unpaired) electrons. The van der Waals surface area contributed by atoms with E-state index in [-0.39, 0.29) is 30.1 Å². The molecule has 1 N–H and O–H groups in total. The number of hydrogen-bond acceptors (Lipinski definition) is 6. The molecular formula is C30H43N5O5. The predicted octanol–water partition coefficient (Wildman–Crippen LogP) is 4.95. The largest absolute Gasteiger partial charge is 0.450 e. The maximum atomic E-state index is 13.7. The van der Waals surface area contributed by atoms with Gasteiger partial charge in [0.15, 0.2) is 0 Å². The topological polar surface area (TPSA) is 106 Å².